The van der Waals surface area contributed by atoms with Gasteiger partial charge in [-0.05, 0) is 6.42 Å². The van der Waals surface area contributed by atoms with Crippen molar-refractivity contribution < 1.29 is 8.42 Å². The van der Waals surface area contributed by atoms with Crippen molar-refractivity contribution in [2.24, 2.45) is 0 Å². The topological polar surface area (TPSA) is 88.8 Å². The van der Waals surface area contributed by atoms with Crippen molar-refractivity contribution in [2.75, 3.05) is 11.5 Å². The highest BCUT2D eigenvalue weighted by Crippen LogP contribution is 2.16. The van der Waals surface area contributed by atoms with Crippen LogP contribution in [-0.4, -0.2) is 24.4 Å². The van der Waals surface area contributed by atoms with Gasteiger partial charge in [0.25, 0.3) is 0 Å². The van der Waals surface area contributed by atoms with Crippen LogP contribution in [0.1, 0.15) is 13.3 Å². The van der Waals surface area contributed by atoms with E-state index >= 15 is 0 Å². The molecule has 6 heteroatoms. The highest BCUT2D eigenvalue weighted by atomic mass is 32.2. The van der Waals surface area contributed by atoms with E-state index in [9.17, 15) is 8.42 Å². The van der Waals surface area contributed by atoms with Crippen LogP contribution in [0.4, 0.5) is 5.82 Å². The number of H-pyrrole nitrogens is 1. The highest BCUT2D eigenvalue weighted by molar-refractivity contribution is 7.91. The number of sulfone groups is 1. The summed E-state index contributed by atoms with van der Waals surface area (Å²) in [5, 5.41) is 5.92. The zero-order valence-corrected chi connectivity index (χ0v) is 7.56. The maximum atomic E-state index is 11.4. The van der Waals surface area contributed by atoms with Gasteiger partial charge in [0, 0.05) is 0 Å². The van der Waals surface area contributed by atoms with Crippen molar-refractivity contribution in [2.45, 2.75) is 18.2 Å². The molecule has 1 aromatic heterocycles. The fourth-order valence-electron chi connectivity index (χ4n) is 0.912. The molecule has 1 heterocycles. The minimum Gasteiger partial charge on any atom is -0.383 e. The summed E-state index contributed by atoms with van der Waals surface area (Å²) in [6, 6.07) is 0. The summed E-state index contributed by atoms with van der Waals surface area (Å²) < 4.78 is 22.7. The van der Waals surface area contributed by atoms with Crippen LogP contribution in [0.15, 0.2) is 11.1 Å². The maximum Gasteiger partial charge on any atom is 0.183 e. The van der Waals surface area contributed by atoms with Crippen LogP contribution in [0.3, 0.4) is 0 Å². The summed E-state index contributed by atoms with van der Waals surface area (Å²) in [6.07, 6.45) is 1.81. The third-order valence-corrected chi connectivity index (χ3v) is 3.38. The molecule has 0 aliphatic carbocycles. The van der Waals surface area contributed by atoms with Gasteiger partial charge in [-0.15, -0.1) is 0 Å². The van der Waals surface area contributed by atoms with Crippen molar-refractivity contribution >= 4 is 15.7 Å². The lowest BCUT2D eigenvalue weighted by molar-refractivity contribution is 0.595. The Kier molecular flexibility index (Phi) is 2.37. The first-order chi connectivity index (χ1) is 5.58. The van der Waals surface area contributed by atoms with Gasteiger partial charge in [0.15, 0.2) is 9.84 Å². The predicted octanol–water partition coefficient (Wildman–Crippen LogP) is 0.176. The van der Waals surface area contributed by atoms with Crippen LogP contribution >= 0.6 is 0 Å². The Morgan fingerprint density at radius 1 is 1.67 bits per heavy atom. The summed E-state index contributed by atoms with van der Waals surface area (Å²) in [7, 11) is -3.22. The van der Waals surface area contributed by atoms with E-state index in [0.717, 1.165) is 0 Å². The molecule has 0 fully saturated rings. The van der Waals surface area contributed by atoms with Gasteiger partial charge in [0.2, 0.25) is 0 Å². The molecule has 0 amide bonds. The molecular weight excluding hydrogens is 178 g/mol. The average molecular weight is 189 g/mol. The van der Waals surface area contributed by atoms with Gasteiger partial charge in [-0.2, -0.15) is 5.10 Å². The van der Waals surface area contributed by atoms with Crippen molar-refractivity contribution in [3.05, 3.63) is 6.20 Å². The normalized spacial score (nSPS) is 11.8. The zero-order chi connectivity index (χ0) is 9.19. The van der Waals surface area contributed by atoms with Gasteiger partial charge in [0.05, 0.1) is 11.9 Å². The third kappa shape index (κ3) is 1.58. The number of nitrogen functional groups attached to an aromatic ring is 1. The predicted molar refractivity (Wildman–Crippen MR) is 45.3 cm³/mol. The van der Waals surface area contributed by atoms with Crippen molar-refractivity contribution in [1.82, 2.24) is 10.2 Å². The lowest BCUT2D eigenvalue weighted by atomic mass is 10.6. The molecule has 0 atom stereocenters. The van der Waals surface area contributed by atoms with Crippen molar-refractivity contribution in [1.29, 1.82) is 0 Å². The first-order valence-electron chi connectivity index (χ1n) is 3.59. The molecule has 1 rings (SSSR count). The van der Waals surface area contributed by atoms with E-state index in [1.807, 2.05) is 0 Å². The molecule has 0 saturated heterocycles. The first kappa shape index (κ1) is 9.05. The Bertz CT molecular complexity index is 355. The Hall–Kier alpha value is -1.04. The molecule has 3 N–H and O–H groups in total. The van der Waals surface area contributed by atoms with E-state index in [-0.39, 0.29) is 16.5 Å². The summed E-state index contributed by atoms with van der Waals surface area (Å²) in [4.78, 5) is 0.101. The summed E-state index contributed by atoms with van der Waals surface area (Å²) in [5.41, 5.74) is 5.36. The molecule has 0 saturated carbocycles. The maximum absolute atomic E-state index is 11.4. The second-order valence-electron chi connectivity index (χ2n) is 2.47. The lowest BCUT2D eigenvalue weighted by Gasteiger charge is -1.98. The second kappa shape index (κ2) is 3.14. The van der Waals surface area contributed by atoms with Crippen LogP contribution in [0.2, 0.25) is 0 Å². The smallest absolute Gasteiger partial charge is 0.183 e. The van der Waals surface area contributed by atoms with E-state index in [1.165, 1.54) is 6.20 Å². The number of aromatic amines is 1. The highest BCUT2D eigenvalue weighted by Gasteiger charge is 2.17. The molecule has 0 aliphatic heterocycles. The number of nitrogens with two attached hydrogens (primary N) is 1. The summed E-state index contributed by atoms with van der Waals surface area (Å²) in [5.74, 6) is 0.222. The molecule has 0 aromatic carbocycles. The summed E-state index contributed by atoms with van der Waals surface area (Å²) >= 11 is 0. The van der Waals surface area contributed by atoms with Gasteiger partial charge in [-0.3, -0.25) is 5.10 Å². The van der Waals surface area contributed by atoms with E-state index < -0.39 is 9.84 Å². The number of hydrogen-bond acceptors (Lipinski definition) is 4. The summed E-state index contributed by atoms with van der Waals surface area (Å²) in [6.45, 7) is 1.80. The van der Waals surface area contributed by atoms with Crippen LogP contribution < -0.4 is 5.73 Å². The van der Waals surface area contributed by atoms with Crippen LogP contribution in [0.25, 0.3) is 0 Å². The van der Waals surface area contributed by atoms with Crippen molar-refractivity contribution in [3.8, 4) is 0 Å². The monoisotopic (exact) mass is 189 g/mol. The van der Waals surface area contributed by atoms with Gasteiger partial charge < -0.3 is 5.73 Å². The zero-order valence-electron chi connectivity index (χ0n) is 6.74. The number of aromatic nitrogens is 2. The number of nitrogens with one attached hydrogen (secondary N) is 1. The molecule has 0 unspecified atom stereocenters. The number of rotatable bonds is 3. The fourth-order valence-corrected chi connectivity index (χ4v) is 2.26. The third-order valence-electron chi connectivity index (χ3n) is 1.44. The molecular formula is C6H11N3O2S. The largest absolute Gasteiger partial charge is 0.383 e. The van der Waals surface area contributed by atoms with Crippen LogP contribution in [-0.2, 0) is 9.84 Å². The fraction of sp³-hybridized carbons (Fsp3) is 0.500. The minimum atomic E-state index is -3.22. The Morgan fingerprint density at radius 2 is 2.33 bits per heavy atom. The minimum absolute atomic E-state index is 0.101. The molecule has 68 valence electrons. The van der Waals surface area contributed by atoms with E-state index in [2.05, 4.69) is 10.2 Å². The van der Waals surface area contributed by atoms with Gasteiger partial charge in [0.1, 0.15) is 10.7 Å². The lowest BCUT2D eigenvalue weighted by Crippen LogP contribution is -2.07. The van der Waals surface area contributed by atoms with Gasteiger partial charge >= 0.3 is 0 Å². The van der Waals surface area contributed by atoms with E-state index in [4.69, 9.17) is 5.73 Å². The van der Waals surface area contributed by atoms with Gasteiger partial charge in [-0.25, -0.2) is 8.42 Å². The SMILES string of the molecule is CCCS(=O)(=O)c1cn[nH]c1N. The molecule has 1 aromatic rings. The standard InChI is InChI=1S/C6H11N3O2S/c1-2-3-12(10,11)5-4-8-9-6(5)7/h4H,2-3H2,1H3,(H3,7,8,9). The van der Waals surface area contributed by atoms with Crippen molar-refractivity contribution in [3.63, 3.8) is 0 Å². The second-order valence-corrected chi connectivity index (χ2v) is 4.54. The molecule has 12 heavy (non-hydrogen) atoms. The average Bonchev–Trinajstić information content (AvgIpc) is 2.35. The van der Waals surface area contributed by atoms with Crippen LogP contribution in [0.5, 0.6) is 0 Å². The van der Waals surface area contributed by atoms with E-state index in [0.29, 0.717) is 6.42 Å². The van der Waals surface area contributed by atoms with Gasteiger partial charge in [-0.1, -0.05) is 6.92 Å². The number of anilines is 1. The molecule has 0 spiro atoms. The Morgan fingerprint density at radius 3 is 2.75 bits per heavy atom. The Balaban J connectivity index is 3.06. The van der Waals surface area contributed by atoms with Crippen LogP contribution in [0, 0.1) is 0 Å². The molecule has 0 bridgehead atoms. The Labute approximate surface area is 70.9 Å². The first-order valence-corrected chi connectivity index (χ1v) is 5.24. The van der Waals surface area contributed by atoms with E-state index in [1.54, 1.807) is 6.92 Å². The molecule has 0 aliphatic rings. The molecule has 5 nitrogen and oxygen atoms in total. The molecule has 0 radical (unpaired) electrons. The number of nitrogens with zero attached hydrogens (tertiary/aromatic N) is 1. The quantitative estimate of drug-likeness (QED) is 0.709. The number of hydrogen-bond donors (Lipinski definition) is 2.